The standard InChI is InChI=1S/C67H130O17P2/c1-9-59(7)45-37-29-21-15-11-12-16-22-33-41-49-66(71)83-62(53-77-64(69)47-39-31-24-18-20-28-36-44-58(5)6)55-81-85(73,74)79-51-61(68)52-80-86(75,76)82-56-63(54-78-65(70)48-40-32-26-25-30-38-46-60(8)10-2)84-67(72)50-42-34-23-17-13-14-19-27-35-43-57(3)4/h57-63,68H,9-56H2,1-8H3,(H,73,74)(H,75,76)/t59?,60?,61?,62-,63-/m1/s1. The van der Waals surface area contributed by atoms with E-state index in [2.05, 4.69) is 55.4 Å². The molecule has 17 nitrogen and oxygen atoms in total. The number of carbonyl (C=O) groups is 4. The molecule has 510 valence electrons. The van der Waals surface area contributed by atoms with Crippen molar-refractivity contribution >= 4 is 39.5 Å². The zero-order valence-electron chi connectivity index (χ0n) is 55.9. The molecule has 0 radical (unpaired) electrons. The average molecular weight is 1270 g/mol. The van der Waals surface area contributed by atoms with Gasteiger partial charge in [0.05, 0.1) is 26.4 Å². The van der Waals surface area contributed by atoms with Crippen LogP contribution in [0.25, 0.3) is 0 Å². The first-order valence-corrected chi connectivity index (χ1v) is 37.8. The Hall–Kier alpha value is -1.94. The molecule has 0 aromatic heterocycles. The number of phosphoric acid groups is 2. The van der Waals surface area contributed by atoms with Crippen LogP contribution in [-0.4, -0.2) is 96.7 Å². The first kappa shape index (κ1) is 84.1. The number of aliphatic hydroxyl groups is 1. The van der Waals surface area contributed by atoms with Gasteiger partial charge >= 0.3 is 39.5 Å². The SMILES string of the molecule is CCC(C)CCCCCCCCCCCCC(=O)O[C@H](COC(=O)CCCCCCCCCC(C)C)COP(=O)(O)OCC(O)COP(=O)(O)OC[C@@H](COC(=O)CCCCCCCCC(C)CC)OC(=O)CCCCCCCCCCCC(C)C. The number of aliphatic hydroxyl groups excluding tert-OH is 1. The van der Waals surface area contributed by atoms with Crippen LogP contribution in [-0.2, 0) is 65.4 Å². The fourth-order valence-electron chi connectivity index (χ4n) is 9.89. The Morgan fingerprint density at radius 2 is 0.558 bits per heavy atom. The number of hydrogen-bond acceptors (Lipinski definition) is 15. The molecule has 0 saturated heterocycles. The number of carbonyl (C=O) groups excluding carboxylic acids is 4. The smallest absolute Gasteiger partial charge is 0.462 e. The van der Waals surface area contributed by atoms with E-state index in [1.165, 1.54) is 116 Å². The van der Waals surface area contributed by atoms with Gasteiger partial charge < -0.3 is 33.8 Å². The van der Waals surface area contributed by atoms with Crippen LogP contribution >= 0.6 is 15.6 Å². The third-order valence-corrected chi connectivity index (χ3v) is 17.9. The van der Waals surface area contributed by atoms with E-state index in [-0.39, 0.29) is 25.7 Å². The number of phosphoric ester groups is 2. The van der Waals surface area contributed by atoms with E-state index in [0.717, 1.165) is 120 Å². The van der Waals surface area contributed by atoms with Crippen LogP contribution in [0.3, 0.4) is 0 Å². The third-order valence-electron chi connectivity index (χ3n) is 16.0. The van der Waals surface area contributed by atoms with E-state index in [0.29, 0.717) is 31.6 Å². The van der Waals surface area contributed by atoms with E-state index >= 15 is 0 Å². The number of esters is 4. The van der Waals surface area contributed by atoms with Crippen LogP contribution in [0.2, 0.25) is 0 Å². The van der Waals surface area contributed by atoms with Crippen LogP contribution in [0, 0.1) is 23.7 Å². The highest BCUT2D eigenvalue weighted by molar-refractivity contribution is 7.47. The normalized spacial score (nSPS) is 15.0. The summed E-state index contributed by atoms with van der Waals surface area (Å²) in [4.78, 5) is 72.4. The Balaban J connectivity index is 5.27. The molecular formula is C67H130O17P2. The summed E-state index contributed by atoms with van der Waals surface area (Å²) in [6, 6.07) is 0. The predicted molar refractivity (Wildman–Crippen MR) is 344 cm³/mol. The second-order valence-corrected chi connectivity index (χ2v) is 28.6. The molecule has 0 aliphatic rings. The number of ether oxygens (including phenoxy) is 4. The van der Waals surface area contributed by atoms with Crippen molar-refractivity contribution in [3.8, 4) is 0 Å². The molecule has 0 saturated carbocycles. The fourth-order valence-corrected chi connectivity index (χ4v) is 11.5. The second kappa shape index (κ2) is 57.0. The Kier molecular flexibility index (Phi) is 55.7. The second-order valence-electron chi connectivity index (χ2n) is 25.6. The van der Waals surface area contributed by atoms with Crippen molar-refractivity contribution in [2.24, 2.45) is 23.7 Å². The maximum Gasteiger partial charge on any atom is 0.472 e. The highest BCUT2D eigenvalue weighted by Gasteiger charge is 2.30. The van der Waals surface area contributed by atoms with Crippen molar-refractivity contribution in [3.63, 3.8) is 0 Å². The lowest BCUT2D eigenvalue weighted by molar-refractivity contribution is -0.161. The largest absolute Gasteiger partial charge is 0.472 e. The summed E-state index contributed by atoms with van der Waals surface area (Å²) in [5.74, 6) is 0.840. The summed E-state index contributed by atoms with van der Waals surface area (Å²) in [5.41, 5.74) is 0. The molecule has 3 N–H and O–H groups in total. The maximum atomic E-state index is 13.0. The molecule has 0 aliphatic heterocycles. The Morgan fingerprint density at radius 3 is 0.826 bits per heavy atom. The van der Waals surface area contributed by atoms with Crippen LogP contribution < -0.4 is 0 Å². The van der Waals surface area contributed by atoms with E-state index < -0.39 is 97.5 Å². The van der Waals surface area contributed by atoms with Gasteiger partial charge in [0.1, 0.15) is 19.3 Å². The third kappa shape index (κ3) is 58.4. The van der Waals surface area contributed by atoms with Gasteiger partial charge in [0.15, 0.2) is 12.2 Å². The van der Waals surface area contributed by atoms with Crippen molar-refractivity contribution in [1.82, 2.24) is 0 Å². The van der Waals surface area contributed by atoms with Gasteiger partial charge in [-0.2, -0.15) is 0 Å². The molecule has 0 aliphatic carbocycles. The minimum atomic E-state index is -4.95. The predicted octanol–water partition coefficient (Wildman–Crippen LogP) is 18.5. The molecule has 0 heterocycles. The van der Waals surface area contributed by atoms with Crippen molar-refractivity contribution in [2.45, 2.75) is 343 Å². The quantitative estimate of drug-likeness (QED) is 0.0222. The molecule has 19 heteroatoms. The summed E-state index contributed by atoms with van der Waals surface area (Å²) in [5, 5.41) is 10.6. The van der Waals surface area contributed by atoms with Gasteiger partial charge in [-0.3, -0.25) is 37.3 Å². The van der Waals surface area contributed by atoms with E-state index in [9.17, 15) is 43.2 Å². The zero-order valence-corrected chi connectivity index (χ0v) is 57.7. The molecule has 0 fully saturated rings. The van der Waals surface area contributed by atoms with Gasteiger partial charge in [-0.05, 0) is 49.4 Å². The molecule has 0 aromatic rings. The van der Waals surface area contributed by atoms with Crippen LogP contribution in [0.1, 0.15) is 325 Å². The summed E-state index contributed by atoms with van der Waals surface area (Å²) in [6.45, 7) is 14.0. The van der Waals surface area contributed by atoms with Crippen molar-refractivity contribution in [1.29, 1.82) is 0 Å². The van der Waals surface area contributed by atoms with Crippen molar-refractivity contribution < 1.29 is 80.2 Å². The Morgan fingerprint density at radius 1 is 0.326 bits per heavy atom. The average Bonchev–Trinajstić information content (AvgIpc) is 3.68. The highest BCUT2D eigenvalue weighted by Crippen LogP contribution is 2.45. The van der Waals surface area contributed by atoms with Crippen LogP contribution in [0.5, 0.6) is 0 Å². The molecule has 86 heavy (non-hydrogen) atoms. The molecule has 0 bridgehead atoms. The van der Waals surface area contributed by atoms with Crippen molar-refractivity contribution in [2.75, 3.05) is 39.6 Å². The maximum absolute atomic E-state index is 13.0. The molecule has 0 amide bonds. The number of unbranched alkanes of at least 4 members (excludes halogenated alkanes) is 28. The topological polar surface area (TPSA) is 237 Å². The summed E-state index contributed by atoms with van der Waals surface area (Å²) < 4.78 is 68.1. The van der Waals surface area contributed by atoms with E-state index in [1.807, 2.05) is 0 Å². The van der Waals surface area contributed by atoms with Gasteiger partial charge in [-0.15, -0.1) is 0 Å². The Bertz CT molecular complexity index is 1720. The summed E-state index contributed by atoms with van der Waals surface area (Å²) >= 11 is 0. The minimum absolute atomic E-state index is 0.104. The van der Waals surface area contributed by atoms with Gasteiger partial charge in [0, 0.05) is 25.7 Å². The van der Waals surface area contributed by atoms with Gasteiger partial charge in [0.25, 0.3) is 0 Å². The molecular weight excluding hydrogens is 1140 g/mol. The van der Waals surface area contributed by atoms with Gasteiger partial charge in [-0.25, -0.2) is 9.13 Å². The zero-order chi connectivity index (χ0) is 63.9. The van der Waals surface area contributed by atoms with Crippen LogP contribution in [0.4, 0.5) is 0 Å². The lowest BCUT2D eigenvalue weighted by Crippen LogP contribution is -2.30. The lowest BCUT2D eigenvalue weighted by Gasteiger charge is -2.21. The lowest BCUT2D eigenvalue weighted by atomic mass is 9.99. The molecule has 5 unspecified atom stereocenters. The molecule has 0 aromatic carbocycles. The summed E-state index contributed by atoms with van der Waals surface area (Å²) in [7, 11) is -9.90. The van der Waals surface area contributed by atoms with E-state index in [4.69, 9.17) is 37.0 Å². The first-order chi connectivity index (χ1) is 41.2. The van der Waals surface area contributed by atoms with Gasteiger partial charge in [0.2, 0.25) is 0 Å². The first-order valence-electron chi connectivity index (χ1n) is 34.8. The van der Waals surface area contributed by atoms with E-state index in [1.54, 1.807) is 0 Å². The summed E-state index contributed by atoms with van der Waals surface area (Å²) in [6.07, 6.45) is 37.6. The fraction of sp³-hybridized carbons (Fsp3) is 0.940. The minimum Gasteiger partial charge on any atom is -0.462 e. The number of hydrogen-bond donors (Lipinski definition) is 3. The molecule has 0 spiro atoms. The van der Waals surface area contributed by atoms with Crippen molar-refractivity contribution in [3.05, 3.63) is 0 Å². The molecule has 7 atom stereocenters. The van der Waals surface area contributed by atoms with Crippen LogP contribution in [0.15, 0.2) is 0 Å². The monoisotopic (exact) mass is 1270 g/mol. The number of rotatable bonds is 64. The highest BCUT2D eigenvalue weighted by atomic mass is 31.2. The molecule has 0 rings (SSSR count). The van der Waals surface area contributed by atoms with Gasteiger partial charge in [-0.1, -0.05) is 274 Å². The Labute approximate surface area is 524 Å².